The van der Waals surface area contributed by atoms with Crippen LogP contribution in [0.1, 0.15) is 24.0 Å². The number of nitrogens with zero attached hydrogens (tertiary/aromatic N) is 1. The summed E-state index contributed by atoms with van der Waals surface area (Å²) in [5.41, 5.74) is 1.47. The second kappa shape index (κ2) is 2.81. The lowest BCUT2D eigenvalue weighted by atomic mass is 9.87. The summed E-state index contributed by atoms with van der Waals surface area (Å²) < 4.78 is 0. The lowest BCUT2D eigenvalue weighted by Crippen LogP contribution is -2.39. The minimum Gasteiger partial charge on any atom is -0.351 e. The van der Waals surface area contributed by atoms with Gasteiger partial charge in [0.15, 0.2) is 0 Å². The Morgan fingerprint density at radius 2 is 2.12 bits per heavy atom. The van der Waals surface area contributed by atoms with Gasteiger partial charge in [0.05, 0.1) is 10.3 Å². The molecule has 1 fully saturated rings. The molecule has 0 atom stereocenters. The van der Waals surface area contributed by atoms with Crippen molar-refractivity contribution in [1.29, 1.82) is 0 Å². The number of carbonyl (C=O) groups excluding carboxylic acids is 1. The van der Waals surface area contributed by atoms with Gasteiger partial charge in [0.2, 0.25) is 5.91 Å². The highest BCUT2D eigenvalue weighted by Crippen LogP contribution is 2.51. The van der Waals surface area contributed by atoms with E-state index in [-0.39, 0.29) is 11.6 Å². The fraction of sp³-hybridized carbons (Fsp3) is 0.364. The Balaban J connectivity index is 2.16. The normalized spacial score (nSPS) is 20.1. The summed E-state index contributed by atoms with van der Waals surface area (Å²) in [6.45, 7) is 0.480. The molecule has 5 heteroatoms. The van der Waals surface area contributed by atoms with Crippen LogP contribution in [-0.4, -0.2) is 10.8 Å². The van der Waals surface area contributed by atoms with Gasteiger partial charge in [0.1, 0.15) is 0 Å². The summed E-state index contributed by atoms with van der Waals surface area (Å²) in [6, 6.07) is 4.79. The molecule has 0 unspecified atom stereocenters. The van der Waals surface area contributed by atoms with Gasteiger partial charge in [-0.2, -0.15) is 0 Å². The third-order valence-corrected chi connectivity index (χ3v) is 3.44. The van der Waals surface area contributed by atoms with Crippen LogP contribution < -0.4 is 5.32 Å². The van der Waals surface area contributed by atoms with E-state index in [1.54, 1.807) is 12.1 Å². The van der Waals surface area contributed by atoms with Crippen molar-refractivity contribution < 1.29 is 9.72 Å². The maximum Gasteiger partial charge on any atom is 0.269 e. The molecule has 1 N–H and O–H groups in total. The highest BCUT2D eigenvalue weighted by molar-refractivity contribution is 5.93. The molecule has 1 heterocycles. The predicted octanol–water partition coefficient (Wildman–Crippen LogP) is 1.26. The summed E-state index contributed by atoms with van der Waals surface area (Å²) >= 11 is 0. The molecule has 1 saturated carbocycles. The molecule has 0 aromatic heterocycles. The van der Waals surface area contributed by atoms with Gasteiger partial charge in [-0.3, -0.25) is 14.9 Å². The zero-order chi connectivity index (χ0) is 11.3. The van der Waals surface area contributed by atoms with E-state index < -0.39 is 10.3 Å². The Kier molecular flexibility index (Phi) is 1.64. The number of nitro benzene ring substituents is 1. The number of non-ortho nitro benzene ring substituents is 1. The first kappa shape index (κ1) is 9.33. The van der Waals surface area contributed by atoms with E-state index >= 15 is 0 Å². The molecular formula is C11H10N2O3. The first-order chi connectivity index (χ1) is 7.63. The van der Waals surface area contributed by atoms with Crippen molar-refractivity contribution in [1.82, 2.24) is 5.32 Å². The van der Waals surface area contributed by atoms with E-state index in [4.69, 9.17) is 0 Å². The van der Waals surface area contributed by atoms with E-state index in [0.717, 1.165) is 24.0 Å². The first-order valence-electron chi connectivity index (χ1n) is 5.20. The Labute approximate surface area is 91.6 Å². The van der Waals surface area contributed by atoms with E-state index in [9.17, 15) is 14.9 Å². The number of nitrogens with one attached hydrogen (secondary N) is 1. The highest BCUT2D eigenvalue weighted by atomic mass is 16.6. The minimum absolute atomic E-state index is 0.0143. The van der Waals surface area contributed by atoms with Crippen molar-refractivity contribution >= 4 is 11.6 Å². The molecule has 16 heavy (non-hydrogen) atoms. The van der Waals surface area contributed by atoms with Gasteiger partial charge >= 0.3 is 0 Å². The van der Waals surface area contributed by atoms with Gasteiger partial charge in [0, 0.05) is 18.7 Å². The Bertz CT molecular complexity index is 506. The van der Waals surface area contributed by atoms with Gasteiger partial charge in [-0.1, -0.05) is 6.07 Å². The molecule has 1 aromatic carbocycles. The van der Waals surface area contributed by atoms with Crippen LogP contribution >= 0.6 is 0 Å². The van der Waals surface area contributed by atoms with Gasteiger partial charge < -0.3 is 5.32 Å². The van der Waals surface area contributed by atoms with Gasteiger partial charge in [-0.15, -0.1) is 0 Å². The number of carbonyl (C=O) groups is 1. The molecule has 2 aliphatic rings. The van der Waals surface area contributed by atoms with Gasteiger partial charge in [0.25, 0.3) is 5.69 Å². The molecule has 1 spiro atoms. The van der Waals surface area contributed by atoms with E-state index in [2.05, 4.69) is 5.32 Å². The molecule has 0 saturated heterocycles. The number of nitro groups is 1. The van der Waals surface area contributed by atoms with E-state index in [1.165, 1.54) is 6.07 Å². The molecule has 0 bridgehead atoms. The Morgan fingerprint density at radius 1 is 1.38 bits per heavy atom. The lowest BCUT2D eigenvalue weighted by molar-refractivity contribution is -0.385. The molecule has 82 valence electrons. The third kappa shape index (κ3) is 1.08. The number of hydrogen-bond acceptors (Lipinski definition) is 3. The molecule has 1 aliphatic heterocycles. The maximum absolute atomic E-state index is 11.7. The molecule has 5 nitrogen and oxygen atoms in total. The summed E-state index contributed by atoms with van der Waals surface area (Å²) in [6.07, 6.45) is 1.60. The molecule has 1 aliphatic carbocycles. The SMILES string of the molecule is O=C1NCc2ccc([N+](=O)[O-])cc2C12CC2. The number of amides is 1. The fourth-order valence-corrected chi connectivity index (χ4v) is 2.37. The fourth-order valence-electron chi connectivity index (χ4n) is 2.37. The zero-order valence-corrected chi connectivity index (χ0v) is 8.53. The predicted molar refractivity (Wildman–Crippen MR) is 55.9 cm³/mol. The summed E-state index contributed by atoms with van der Waals surface area (Å²) in [4.78, 5) is 22.0. The van der Waals surface area contributed by atoms with Gasteiger partial charge in [-0.05, 0) is 24.0 Å². The average molecular weight is 218 g/mol. The first-order valence-corrected chi connectivity index (χ1v) is 5.20. The van der Waals surface area contributed by atoms with Crippen molar-refractivity contribution in [3.63, 3.8) is 0 Å². The van der Waals surface area contributed by atoms with Crippen molar-refractivity contribution in [3.8, 4) is 0 Å². The zero-order valence-electron chi connectivity index (χ0n) is 8.53. The number of fused-ring (bicyclic) bond motifs is 2. The van der Waals surface area contributed by atoms with Crippen LogP contribution in [-0.2, 0) is 16.8 Å². The second-order valence-electron chi connectivity index (χ2n) is 4.36. The Hall–Kier alpha value is -1.91. The molecule has 1 amide bonds. The number of rotatable bonds is 1. The maximum atomic E-state index is 11.7. The van der Waals surface area contributed by atoms with Crippen molar-refractivity contribution in [3.05, 3.63) is 39.4 Å². The van der Waals surface area contributed by atoms with Crippen LogP contribution in [0.25, 0.3) is 0 Å². The molecule has 3 rings (SSSR count). The number of hydrogen-bond donors (Lipinski definition) is 1. The van der Waals surface area contributed by atoms with Crippen LogP contribution in [0.2, 0.25) is 0 Å². The molecular weight excluding hydrogens is 208 g/mol. The van der Waals surface area contributed by atoms with Crippen molar-refractivity contribution in [2.24, 2.45) is 0 Å². The second-order valence-corrected chi connectivity index (χ2v) is 4.36. The quantitative estimate of drug-likeness (QED) is 0.569. The van der Waals surface area contributed by atoms with Crippen molar-refractivity contribution in [2.75, 3.05) is 0 Å². The summed E-state index contributed by atoms with van der Waals surface area (Å²) in [7, 11) is 0. The highest BCUT2D eigenvalue weighted by Gasteiger charge is 2.54. The van der Waals surface area contributed by atoms with Crippen molar-refractivity contribution in [2.45, 2.75) is 24.8 Å². The van der Waals surface area contributed by atoms with E-state index in [0.29, 0.717) is 6.54 Å². The standard InChI is InChI=1S/C11H10N2O3/c14-10-11(3-4-11)9-5-8(13(15)16)2-1-7(9)6-12-10/h1-2,5H,3-4,6H2,(H,12,14). The van der Waals surface area contributed by atoms with Gasteiger partial charge in [-0.25, -0.2) is 0 Å². The average Bonchev–Trinajstić information content (AvgIpc) is 3.05. The van der Waals surface area contributed by atoms with Crippen LogP contribution in [0.4, 0.5) is 5.69 Å². The van der Waals surface area contributed by atoms with Crippen LogP contribution in [0.3, 0.4) is 0 Å². The van der Waals surface area contributed by atoms with Crippen LogP contribution in [0, 0.1) is 10.1 Å². The lowest BCUT2D eigenvalue weighted by Gasteiger charge is -2.24. The minimum atomic E-state index is -0.459. The monoisotopic (exact) mass is 218 g/mol. The smallest absolute Gasteiger partial charge is 0.269 e. The molecule has 0 radical (unpaired) electrons. The molecule has 1 aromatic rings. The van der Waals surface area contributed by atoms with E-state index in [1.807, 2.05) is 0 Å². The largest absolute Gasteiger partial charge is 0.351 e. The third-order valence-electron chi connectivity index (χ3n) is 3.44. The number of benzene rings is 1. The topological polar surface area (TPSA) is 72.2 Å². The summed E-state index contributed by atoms with van der Waals surface area (Å²) in [5.74, 6) is 0.0143. The van der Waals surface area contributed by atoms with Crippen LogP contribution in [0.5, 0.6) is 0 Å². The summed E-state index contributed by atoms with van der Waals surface area (Å²) in [5, 5.41) is 13.5. The Morgan fingerprint density at radius 3 is 2.75 bits per heavy atom. The van der Waals surface area contributed by atoms with Crippen LogP contribution in [0.15, 0.2) is 18.2 Å².